The smallest absolute Gasteiger partial charge is 0.149 e. The van der Waals surface area contributed by atoms with Crippen molar-refractivity contribution in [3.8, 4) is 17.1 Å². The minimum atomic E-state index is -3.23. The third-order valence-corrected chi connectivity index (χ3v) is 8.06. The molecule has 0 unspecified atom stereocenters. The van der Waals surface area contributed by atoms with E-state index in [1.54, 1.807) is 24.3 Å². The van der Waals surface area contributed by atoms with Crippen LogP contribution in [0.4, 0.5) is 15.9 Å². The summed E-state index contributed by atoms with van der Waals surface area (Å²) in [5.74, 6) is 1.86. The Balaban J connectivity index is 1.38. The molecule has 11 heteroatoms. The quantitative estimate of drug-likeness (QED) is 0.170. The first-order valence-electron chi connectivity index (χ1n) is 13.3. The van der Waals surface area contributed by atoms with Gasteiger partial charge < -0.3 is 14.5 Å². The number of anilines is 2. The molecule has 1 atom stereocenters. The first kappa shape index (κ1) is 29.5. The van der Waals surface area contributed by atoms with Crippen LogP contribution in [0.2, 0.25) is 5.02 Å². The number of aromatic nitrogens is 2. The maximum atomic E-state index is 13.5. The van der Waals surface area contributed by atoms with Crippen LogP contribution in [0, 0.1) is 5.82 Å². The molecule has 1 N–H and O–H groups in total. The number of fused-ring (bicyclic) bond motifs is 1. The van der Waals surface area contributed by atoms with Gasteiger partial charge in [0.05, 0.1) is 22.3 Å². The number of rotatable bonds is 11. The van der Waals surface area contributed by atoms with E-state index in [0.29, 0.717) is 45.9 Å². The number of furan rings is 1. The Morgan fingerprint density at radius 2 is 1.90 bits per heavy atom. The van der Waals surface area contributed by atoms with E-state index >= 15 is 0 Å². The molecular weight excluding hydrogens is 579 g/mol. The van der Waals surface area contributed by atoms with Crippen LogP contribution in [0.15, 0.2) is 83.5 Å². The molecule has 0 spiro atoms. The van der Waals surface area contributed by atoms with E-state index in [1.807, 2.05) is 55.3 Å². The molecule has 0 radical (unpaired) electrons. The van der Waals surface area contributed by atoms with Gasteiger partial charge in [-0.3, -0.25) is 4.90 Å². The van der Waals surface area contributed by atoms with Crippen molar-refractivity contribution in [2.75, 3.05) is 30.9 Å². The average Bonchev–Trinajstić information content (AvgIpc) is 3.45. The lowest BCUT2D eigenvalue weighted by molar-refractivity contribution is 0.245. The van der Waals surface area contributed by atoms with Crippen LogP contribution in [0.5, 0.6) is 5.75 Å². The van der Waals surface area contributed by atoms with Gasteiger partial charge in [0.25, 0.3) is 0 Å². The van der Waals surface area contributed by atoms with E-state index in [0.717, 1.165) is 16.5 Å². The van der Waals surface area contributed by atoms with Crippen molar-refractivity contribution in [2.24, 2.45) is 0 Å². The number of nitrogens with one attached hydrogen (secondary N) is 1. The van der Waals surface area contributed by atoms with E-state index in [4.69, 9.17) is 20.8 Å². The molecule has 0 aliphatic heterocycles. The molecule has 2 heterocycles. The predicted molar refractivity (Wildman–Crippen MR) is 163 cm³/mol. The largest absolute Gasteiger partial charge is 0.487 e. The van der Waals surface area contributed by atoms with Crippen LogP contribution >= 0.6 is 11.6 Å². The highest BCUT2D eigenvalue weighted by Crippen LogP contribution is 2.34. The lowest BCUT2D eigenvalue weighted by Crippen LogP contribution is -2.29. The minimum Gasteiger partial charge on any atom is -0.487 e. The van der Waals surface area contributed by atoms with Crippen molar-refractivity contribution in [2.45, 2.75) is 19.6 Å². The van der Waals surface area contributed by atoms with Gasteiger partial charge in [-0.05, 0) is 79.8 Å². The SMILES string of the molecule is CCN(C)[C@@H](CS(C)(=O)=O)c1ccc(-c2ccc3ncnc(Nc4ccc(OCc5cccc(F)c5)c(Cl)c4)c3c2)o1. The van der Waals surface area contributed by atoms with Gasteiger partial charge in [0.15, 0.2) is 0 Å². The summed E-state index contributed by atoms with van der Waals surface area (Å²) in [6.45, 7) is 2.82. The third kappa shape index (κ3) is 7.07. The Labute approximate surface area is 249 Å². The van der Waals surface area contributed by atoms with Crippen LogP contribution in [0.3, 0.4) is 0 Å². The van der Waals surface area contributed by atoms with Gasteiger partial charge in [-0.2, -0.15) is 0 Å². The van der Waals surface area contributed by atoms with Crippen molar-refractivity contribution in [3.63, 3.8) is 0 Å². The maximum absolute atomic E-state index is 13.5. The Bertz CT molecular complexity index is 1830. The molecule has 42 heavy (non-hydrogen) atoms. The van der Waals surface area contributed by atoms with E-state index in [9.17, 15) is 12.8 Å². The van der Waals surface area contributed by atoms with Crippen molar-refractivity contribution in [1.82, 2.24) is 14.9 Å². The van der Waals surface area contributed by atoms with Crippen molar-refractivity contribution < 1.29 is 22.0 Å². The Kier molecular flexibility index (Phi) is 8.77. The summed E-state index contributed by atoms with van der Waals surface area (Å²) in [6.07, 6.45) is 2.70. The Morgan fingerprint density at radius 3 is 2.64 bits per heavy atom. The summed E-state index contributed by atoms with van der Waals surface area (Å²) >= 11 is 6.49. The lowest BCUT2D eigenvalue weighted by atomic mass is 10.1. The number of hydrogen-bond acceptors (Lipinski definition) is 8. The molecule has 0 aliphatic carbocycles. The van der Waals surface area contributed by atoms with Gasteiger partial charge in [0, 0.05) is 22.9 Å². The molecule has 0 aliphatic rings. The Hall–Kier alpha value is -3.99. The van der Waals surface area contributed by atoms with Crippen LogP contribution in [0.1, 0.15) is 24.3 Å². The van der Waals surface area contributed by atoms with Crippen LogP contribution in [-0.4, -0.2) is 48.9 Å². The molecule has 2 aromatic heterocycles. The molecule has 3 aromatic carbocycles. The highest BCUT2D eigenvalue weighted by atomic mass is 35.5. The summed E-state index contributed by atoms with van der Waals surface area (Å²) in [7, 11) is -1.35. The van der Waals surface area contributed by atoms with Crippen LogP contribution < -0.4 is 10.1 Å². The summed E-state index contributed by atoms with van der Waals surface area (Å²) in [4.78, 5) is 10.8. The molecule has 0 saturated heterocycles. The molecule has 5 aromatic rings. The molecule has 218 valence electrons. The number of nitrogens with zero attached hydrogens (tertiary/aromatic N) is 3. The fourth-order valence-corrected chi connectivity index (χ4v) is 5.78. The van der Waals surface area contributed by atoms with E-state index in [2.05, 4.69) is 15.3 Å². The van der Waals surface area contributed by atoms with Crippen LogP contribution in [-0.2, 0) is 16.4 Å². The third-order valence-electron chi connectivity index (χ3n) is 6.84. The highest BCUT2D eigenvalue weighted by molar-refractivity contribution is 7.90. The van der Waals surface area contributed by atoms with E-state index < -0.39 is 15.9 Å². The number of benzene rings is 3. The fraction of sp³-hybridized carbons (Fsp3) is 0.226. The van der Waals surface area contributed by atoms with Gasteiger partial charge in [-0.25, -0.2) is 22.8 Å². The van der Waals surface area contributed by atoms with E-state index in [-0.39, 0.29) is 18.2 Å². The number of halogens is 2. The van der Waals surface area contributed by atoms with E-state index in [1.165, 1.54) is 24.7 Å². The van der Waals surface area contributed by atoms with Gasteiger partial charge in [0.2, 0.25) is 0 Å². The normalized spacial score (nSPS) is 12.5. The summed E-state index contributed by atoms with van der Waals surface area (Å²) in [5.41, 5.74) is 2.91. The van der Waals surface area contributed by atoms with Crippen molar-refractivity contribution >= 4 is 43.8 Å². The first-order valence-corrected chi connectivity index (χ1v) is 15.7. The van der Waals surface area contributed by atoms with Gasteiger partial charge in [0.1, 0.15) is 51.7 Å². The predicted octanol–water partition coefficient (Wildman–Crippen LogP) is 7.04. The molecule has 0 fully saturated rings. The number of sulfone groups is 1. The second-order valence-electron chi connectivity index (χ2n) is 10.0. The molecule has 0 bridgehead atoms. The zero-order valence-electron chi connectivity index (χ0n) is 23.3. The fourth-order valence-electron chi connectivity index (χ4n) is 4.55. The minimum absolute atomic E-state index is 0.0406. The molecule has 8 nitrogen and oxygen atoms in total. The standard InChI is InChI=1S/C31H30ClFN4O4S/c1-4-37(2)27(18-42(3,38)39)30-13-12-28(41-30)21-8-10-26-24(15-21)31(35-19-34-26)36-23-9-11-29(25(32)16-23)40-17-20-6-5-7-22(33)14-20/h5-16,19,27H,4,17-18H2,1-3H3,(H,34,35,36)/t27-/m0/s1. The summed E-state index contributed by atoms with van der Waals surface area (Å²) in [6, 6.07) is 20.5. The van der Waals surface area contributed by atoms with Crippen molar-refractivity contribution in [1.29, 1.82) is 0 Å². The lowest BCUT2D eigenvalue weighted by Gasteiger charge is -2.24. The van der Waals surface area contributed by atoms with Gasteiger partial charge in [-0.15, -0.1) is 0 Å². The van der Waals surface area contributed by atoms with Crippen molar-refractivity contribution in [3.05, 3.63) is 101 Å². The molecule has 0 saturated carbocycles. The highest BCUT2D eigenvalue weighted by Gasteiger charge is 2.24. The second-order valence-corrected chi connectivity index (χ2v) is 12.6. The molecule has 0 amide bonds. The average molecular weight is 609 g/mol. The first-order chi connectivity index (χ1) is 20.1. The second kappa shape index (κ2) is 12.5. The number of ether oxygens (including phenoxy) is 1. The van der Waals surface area contributed by atoms with Crippen LogP contribution in [0.25, 0.3) is 22.2 Å². The topological polar surface area (TPSA) is 97.6 Å². The summed E-state index contributed by atoms with van der Waals surface area (Å²) in [5, 5.41) is 4.45. The van der Waals surface area contributed by atoms with Gasteiger partial charge in [-0.1, -0.05) is 30.7 Å². The zero-order chi connectivity index (χ0) is 29.9. The Morgan fingerprint density at radius 1 is 1.07 bits per heavy atom. The monoisotopic (exact) mass is 608 g/mol. The number of hydrogen-bond donors (Lipinski definition) is 1. The summed E-state index contributed by atoms with van der Waals surface area (Å²) < 4.78 is 49.6. The maximum Gasteiger partial charge on any atom is 0.149 e. The van der Waals surface area contributed by atoms with Gasteiger partial charge >= 0.3 is 0 Å². The molecular formula is C31H30ClFN4O4S. The molecule has 5 rings (SSSR count). The zero-order valence-corrected chi connectivity index (χ0v) is 24.9.